The summed E-state index contributed by atoms with van der Waals surface area (Å²) in [5.74, 6) is 1.49. The zero-order valence-electron chi connectivity index (χ0n) is 16.3. The lowest BCUT2D eigenvalue weighted by Crippen LogP contribution is -2.26. The summed E-state index contributed by atoms with van der Waals surface area (Å²) in [6.45, 7) is 3.40. The van der Waals surface area contributed by atoms with Gasteiger partial charge in [0.15, 0.2) is 0 Å². The fourth-order valence-electron chi connectivity index (χ4n) is 3.01. The molecule has 0 spiro atoms. The summed E-state index contributed by atoms with van der Waals surface area (Å²) < 4.78 is 5.16. The van der Waals surface area contributed by atoms with E-state index in [-0.39, 0.29) is 5.91 Å². The van der Waals surface area contributed by atoms with Gasteiger partial charge >= 0.3 is 0 Å². The number of hydrogen-bond acceptors (Lipinski definition) is 4. The first-order chi connectivity index (χ1) is 13.7. The molecule has 0 saturated carbocycles. The summed E-state index contributed by atoms with van der Waals surface area (Å²) in [6, 6.07) is 21.5. The summed E-state index contributed by atoms with van der Waals surface area (Å²) in [6.07, 6.45) is 2.44. The first-order valence-corrected chi connectivity index (χ1v) is 9.41. The fourth-order valence-corrected chi connectivity index (χ4v) is 3.01. The third-order valence-corrected chi connectivity index (χ3v) is 4.53. The second kappa shape index (κ2) is 9.55. The number of nitrogens with zero attached hydrogens (tertiary/aromatic N) is 2. The number of para-hydroxylation sites is 1. The molecule has 144 valence electrons. The molecule has 1 aromatic heterocycles. The molecule has 0 atom stereocenters. The minimum atomic E-state index is -0.0960. The Bertz CT molecular complexity index is 895. The highest BCUT2D eigenvalue weighted by atomic mass is 16.5. The van der Waals surface area contributed by atoms with Crippen molar-refractivity contribution in [2.75, 3.05) is 25.1 Å². The number of rotatable bonds is 8. The molecule has 28 heavy (non-hydrogen) atoms. The summed E-state index contributed by atoms with van der Waals surface area (Å²) in [4.78, 5) is 19.1. The number of carbonyl (C=O) groups is 1. The van der Waals surface area contributed by atoms with E-state index in [1.54, 1.807) is 19.4 Å². The second-order valence-corrected chi connectivity index (χ2v) is 6.34. The van der Waals surface area contributed by atoms with E-state index in [9.17, 15) is 4.79 Å². The van der Waals surface area contributed by atoms with Crippen molar-refractivity contribution in [2.24, 2.45) is 0 Å². The van der Waals surface area contributed by atoms with E-state index in [1.807, 2.05) is 60.7 Å². The van der Waals surface area contributed by atoms with Crippen molar-refractivity contribution in [1.82, 2.24) is 10.3 Å². The van der Waals surface area contributed by atoms with Crippen LogP contribution in [0.25, 0.3) is 0 Å². The zero-order valence-corrected chi connectivity index (χ0v) is 16.3. The molecule has 5 nitrogen and oxygen atoms in total. The molecule has 1 N–H and O–H groups in total. The lowest BCUT2D eigenvalue weighted by atomic mass is 10.1. The van der Waals surface area contributed by atoms with Crippen LogP contribution in [-0.2, 0) is 6.42 Å². The van der Waals surface area contributed by atoms with Crippen LogP contribution in [0.15, 0.2) is 72.9 Å². The van der Waals surface area contributed by atoms with Gasteiger partial charge in [-0.15, -0.1) is 0 Å². The van der Waals surface area contributed by atoms with Gasteiger partial charge in [0.2, 0.25) is 0 Å². The maximum Gasteiger partial charge on any atom is 0.251 e. The van der Waals surface area contributed by atoms with Crippen LogP contribution in [0.1, 0.15) is 22.8 Å². The van der Waals surface area contributed by atoms with Gasteiger partial charge in [-0.05, 0) is 55.3 Å². The first kappa shape index (κ1) is 19.4. The summed E-state index contributed by atoms with van der Waals surface area (Å²) in [5.41, 5.74) is 2.81. The molecule has 1 heterocycles. The highest BCUT2D eigenvalue weighted by Gasteiger charge is 2.12. The molecule has 0 bridgehead atoms. The Hall–Kier alpha value is -3.34. The SMILES string of the molecule is CCN(c1ccccc1)c1cc(C(=O)NCCc2ccc(OC)cc2)ccn1. The first-order valence-electron chi connectivity index (χ1n) is 9.41. The van der Waals surface area contributed by atoms with Gasteiger partial charge in [-0.25, -0.2) is 4.98 Å². The maximum absolute atomic E-state index is 12.6. The lowest BCUT2D eigenvalue weighted by Gasteiger charge is -2.22. The highest BCUT2D eigenvalue weighted by molar-refractivity contribution is 5.95. The van der Waals surface area contributed by atoms with Crippen molar-refractivity contribution in [3.05, 3.63) is 84.1 Å². The number of aromatic nitrogens is 1. The van der Waals surface area contributed by atoms with E-state index in [0.717, 1.165) is 35.8 Å². The molecule has 3 rings (SSSR count). The average molecular weight is 375 g/mol. The molecular weight excluding hydrogens is 350 g/mol. The van der Waals surface area contributed by atoms with Gasteiger partial charge in [0.05, 0.1) is 7.11 Å². The van der Waals surface area contributed by atoms with Gasteiger partial charge in [0.25, 0.3) is 5.91 Å². The van der Waals surface area contributed by atoms with Crippen LogP contribution < -0.4 is 15.0 Å². The van der Waals surface area contributed by atoms with Crippen LogP contribution in [-0.4, -0.2) is 31.1 Å². The number of carbonyl (C=O) groups excluding carboxylic acids is 1. The van der Waals surface area contributed by atoms with Crippen molar-refractivity contribution in [3.63, 3.8) is 0 Å². The van der Waals surface area contributed by atoms with E-state index in [0.29, 0.717) is 12.1 Å². The smallest absolute Gasteiger partial charge is 0.251 e. The summed E-state index contributed by atoms with van der Waals surface area (Å²) >= 11 is 0. The van der Waals surface area contributed by atoms with Crippen LogP contribution in [0, 0.1) is 0 Å². The Kier molecular flexibility index (Phi) is 6.63. The van der Waals surface area contributed by atoms with Crippen molar-refractivity contribution in [1.29, 1.82) is 0 Å². The standard InChI is InChI=1S/C23H25N3O2/c1-3-26(20-7-5-4-6-8-20)22-17-19(14-16-24-22)23(27)25-15-13-18-9-11-21(28-2)12-10-18/h4-12,14,16-17H,3,13,15H2,1-2H3,(H,25,27). The number of methoxy groups -OCH3 is 1. The topological polar surface area (TPSA) is 54.5 Å². The van der Waals surface area contributed by atoms with E-state index in [2.05, 4.69) is 22.1 Å². The predicted molar refractivity (Wildman–Crippen MR) is 112 cm³/mol. The van der Waals surface area contributed by atoms with Crippen molar-refractivity contribution in [2.45, 2.75) is 13.3 Å². The average Bonchev–Trinajstić information content (AvgIpc) is 2.76. The molecule has 2 aromatic carbocycles. The Morgan fingerprint density at radius 1 is 1.07 bits per heavy atom. The molecule has 0 aliphatic carbocycles. The Balaban J connectivity index is 1.63. The Labute approximate surface area is 166 Å². The largest absolute Gasteiger partial charge is 0.497 e. The van der Waals surface area contributed by atoms with Crippen molar-refractivity contribution in [3.8, 4) is 5.75 Å². The van der Waals surface area contributed by atoms with Gasteiger partial charge in [0, 0.05) is 30.5 Å². The molecular formula is C23H25N3O2. The fraction of sp³-hybridized carbons (Fsp3) is 0.217. The molecule has 1 amide bonds. The number of amides is 1. The molecule has 0 aliphatic heterocycles. The van der Waals surface area contributed by atoms with E-state index in [4.69, 9.17) is 4.74 Å². The molecule has 0 fully saturated rings. The Morgan fingerprint density at radius 2 is 1.82 bits per heavy atom. The second-order valence-electron chi connectivity index (χ2n) is 6.34. The van der Waals surface area contributed by atoms with Crippen LogP contribution >= 0.6 is 0 Å². The van der Waals surface area contributed by atoms with E-state index < -0.39 is 0 Å². The molecule has 0 aliphatic rings. The minimum Gasteiger partial charge on any atom is -0.497 e. The van der Waals surface area contributed by atoms with Gasteiger partial charge in [-0.3, -0.25) is 4.79 Å². The summed E-state index contributed by atoms with van der Waals surface area (Å²) in [5, 5.41) is 2.98. The zero-order chi connectivity index (χ0) is 19.8. The number of hydrogen-bond donors (Lipinski definition) is 1. The number of anilines is 2. The minimum absolute atomic E-state index is 0.0960. The Morgan fingerprint density at radius 3 is 2.50 bits per heavy atom. The lowest BCUT2D eigenvalue weighted by molar-refractivity contribution is 0.0954. The molecule has 0 unspecified atom stereocenters. The molecule has 0 radical (unpaired) electrons. The van der Waals surface area contributed by atoms with Crippen LogP contribution in [0.5, 0.6) is 5.75 Å². The third kappa shape index (κ3) is 4.88. The van der Waals surface area contributed by atoms with Crippen LogP contribution in [0.4, 0.5) is 11.5 Å². The number of benzene rings is 2. The third-order valence-electron chi connectivity index (χ3n) is 4.53. The van der Waals surface area contributed by atoms with Crippen molar-refractivity contribution < 1.29 is 9.53 Å². The van der Waals surface area contributed by atoms with Gasteiger partial charge < -0.3 is 15.0 Å². The van der Waals surface area contributed by atoms with Gasteiger partial charge in [-0.2, -0.15) is 0 Å². The predicted octanol–water partition coefficient (Wildman–Crippen LogP) is 4.22. The molecule has 3 aromatic rings. The monoisotopic (exact) mass is 375 g/mol. The van der Waals surface area contributed by atoms with Gasteiger partial charge in [0.1, 0.15) is 11.6 Å². The number of pyridine rings is 1. The van der Waals surface area contributed by atoms with Gasteiger partial charge in [-0.1, -0.05) is 30.3 Å². The normalized spacial score (nSPS) is 10.4. The summed E-state index contributed by atoms with van der Waals surface area (Å²) in [7, 11) is 1.65. The molecule has 5 heteroatoms. The van der Waals surface area contributed by atoms with E-state index in [1.165, 1.54) is 0 Å². The number of nitrogens with one attached hydrogen (secondary N) is 1. The van der Waals surface area contributed by atoms with Crippen LogP contribution in [0.3, 0.4) is 0 Å². The van der Waals surface area contributed by atoms with Crippen molar-refractivity contribution >= 4 is 17.4 Å². The van der Waals surface area contributed by atoms with E-state index >= 15 is 0 Å². The molecule has 0 saturated heterocycles. The highest BCUT2D eigenvalue weighted by Crippen LogP contribution is 2.23. The van der Waals surface area contributed by atoms with Crippen LogP contribution in [0.2, 0.25) is 0 Å². The number of ether oxygens (including phenoxy) is 1. The maximum atomic E-state index is 12.6. The quantitative estimate of drug-likeness (QED) is 0.640.